The first-order valence-electron chi connectivity index (χ1n) is 7.54. The minimum atomic E-state index is 0.475. The van der Waals surface area contributed by atoms with Gasteiger partial charge in [-0.05, 0) is 44.1 Å². The van der Waals surface area contributed by atoms with Crippen LogP contribution in [0.3, 0.4) is 0 Å². The van der Waals surface area contributed by atoms with Crippen molar-refractivity contribution in [2.45, 2.75) is 44.9 Å². The van der Waals surface area contributed by atoms with Crippen LogP contribution in [0.2, 0.25) is 0 Å². The number of benzene rings is 1. The smallest absolute Gasteiger partial charge is 0.417 e. The van der Waals surface area contributed by atoms with Crippen molar-refractivity contribution in [1.82, 2.24) is 0 Å². The molecule has 0 amide bonds. The highest BCUT2D eigenvalue weighted by molar-refractivity contribution is 5.37. The van der Waals surface area contributed by atoms with Gasteiger partial charge in [0.15, 0.2) is 0 Å². The highest BCUT2D eigenvalue weighted by Gasteiger charge is 1.94. The molecule has 0 aromatic heterocycles. The van der Waals surface area contributed by atoms with Crippen LogP contribution in [0.1, 0.15) is 44.1 Å². The minimum Gasteiger partial charge on any atom is -0.457 e. The maximum Gasteiger partial charge on any atom is 0.417 e. The van der Waals surface area contributed by atoms with E-state index in [1.807, 2.05) is 0 Å². The van der Waals surface area contributed by atoms with Crippen molar-refractivity contribution in [2.24, 2.45) is 0 Å². The number of hydrogen-bond acceptors (Lipinski definition) is 3. The van der Waals surface area contributed by atoms with Crippen LogP contribution in [-0.2, 0) is 20.7 Å². The number of ether oxygens (including phenoxy) is 2. The third-order valence-corrected chi connectivity index (χ3v) is 3.19. The fraction of sp³-hybridized carbons (Fsp3) is 0.588. The first-order valence-corrected chi connectivity index (χ1v) is 7.54. The van der Waals surface area contributed by atoms with Crippen molar-refractivity contribution in [1.29, 1.82) is 0 Å². The van der Waals surface area contributed by atoms with E-state index in [2.05, 4.69) is 35.1 Å². The predicted octanol–water partition coefficient (Wildman–Crippen LogP) is 3.67. The Labute approximate surface area is 122 Å². The molecule has 0 unspecified atom stereocenters. The number of aryl methyl sites for hydroxylation is 1. The zero-order valence-corrected chi connectivity index (χ0v) is 12.2. The summed E-state index contributed by atoms with van der Waals surface area (Å²) in [5.74, 6) is 0. The average molecular weight is 277 g/mol. The number of carbonyl (C=O) groups excluding carboxylic acids is 1. The summed E-state index contributed by atoms with van der Waals surface area (Å²) in [6.07, 6.45) is 7.72. The quantitative estimate of drug-likeness (QED) is 0.516. The molecule has 1 aromatic rings. The van der Waals surface area contributed by atoms with Crippen LogP contribution in [0.25, 0.3) is 0 Å². The topological polar surface area (TPSA) is 35.5 Å². The van der Waals surface area contributed by atoms with Crippen LogP contribution in [0.15, 0.2) is 30.3 Å². The van der Waals surface area contributed by atoms with E-state index in [0.717, 1.165) is 45.3 Å². The third kappa shape index (κ3) is 9.56. The SMILES string of the molecule is O=[C]OCCCCCOCCCCCc1ccccc1. The van der Waals surface area contributed by atoms with E-state index < -0.39 is 0 Å². The lowest BCUT2D eigenvalue weighted by atomic mass is 10.1. The van der Waals surface area contributed by atoms with E-state index in [-0.39, 0.29) is 0 Å². The molecule has 0 aliphatic carbocycles. The molecule has 0 N–H and O–H groups in total. The van der Waals surface area contributed by atoms with E-state index in [1.165, 1.54) is 24.9 Å². The Morgan fingerprint density at radius 1 is 0.800 bits per heavy atom. The van der Waals surface area contributed by atoms with Crippen molar-refractivity contribution in [3.8, 4) is 0 Å². The van der Waals surface area contributed by atoms with Crippen LogP contribution in [0, 0.1) is 0 Å². The number of unbranched alkanes of at least 4 members (excludes halogenated alkanes) is 4. The first kappa shape index (κ1) is 16.7. The molecule has 1 radical (unpaired) electrons. The van der Waals surface area contributed by atoms with Crippen LogP contribution in [0.4, 0.5) is 0 Å². The van der Waals surface area contributed by atoms with E-state index in [1.54, 1.807) is 0 Å². The molecule has 0 bridgehead atoms. The maximum atomic E-state index is 9.78. The lowest BCUT2D eigenvalue weighted by Gasteiger charge is -2.04. The normalized spacial score (nSPS) is 10.4. The van der Waals surface area contributed by atoms with Gasteiger partial charge in [-0.25, -0.2) is 4.79 Å². The van der Waals surface area contributed by atoms with Crippen molar-refractivity contribution in [3.63, 3.8) is 0 Å². The minimum absolute atomic E-state index is 0.475. The molecule has 0 fully saturated rings. The molecule has 0 saturated carbocycles. The monoisotopic (exact) mass is 277 g/mol. The van der Waals surface area contributed by atoms with Crippen LogP contribution in [0.5, 0.6) is 0 Å². The molecule has 0 saturated heterocycles. The Kier molecular flexibility index (Phi) is 10.6. The van der Waals surface area contributed by atoms with Gasteiger partial charge in [0, 0.05) is 13.2 Å². The standard InChI is InChI=1S/C17H25O3/c18-16-20-15-9-3-8-14-19-13-7-2-6-12-17-10-4-1-5-11-17/h1,4-5,10-11H,2-3,6-9,12-15H2. The summed E-state index contributed by atoms with van der Waals surface area (Å²) >= 11 is 0. The summed E-state index contributed by atoms with van der Waals surface area (Å²) in [5, 5.41) is 0. The third-order valence-electron chi connectivity index (χ3n) is 3.19. The number of rotatable bonds is 13. The highest BCUT2D eigenvalue weighted by Crippen LogP contribution is 2.06. The summed E-state index contributed by atoms with van der Waals surface area (Å²) in [6.45, 7) is 3.57. The Bertz CT molecular complexity index is 324. The fourth-order valence-electron chi connectivity index (χ4n) is 2.05. The molecular weight excluding hydrogens is 252 g/mol. The van der Waals surface area contributed by atoms with Gasteiger partial charge < -0.3 is 9.47 Å². The zero-order chi connectivity index (χ0) is 14.3. The highest BCUT2D eigenvalue weighted by atomic mass is 16.5. The van der Waals surface area contributed by atoms with Crippen LogP contribution in [-0.4, -0.2) is 26.3 Å². The molecule has 20 heavy (non-hydrogen) atoms. The lowest BCUT2D eigenvalue weighted by molar-refractivity contribution is 0.124. The average Bonchev–Trinajstić information content (AvgIpc) is 2.49. The second-order valence-corrected chi connectivity index (χ2v) is 4.90. The van der Waals surface area contributed by atoms with Gasteiger partial charge in [-0.2, -0.15) is 0 Å². The van der Waals surface area contributed by atoms with E-state index in [4.69, 9.17) is 4.74 Å². The molecule has 0 atom stereocenters. The summed E-state index contributed by atoms with van der Waals surface area (Å²) in [5.41, 5.74) is 1.42. The van der Waals surface area contributed by atoms with Crippen molar-refractivity contribution >= 4 is 6.47 Å². The molecule has 3 nitrogen and oxygen atoms in total. The zero-order valence-electron chi connectivity index (χ0n) is 12.2. The summed E-state index contributed by atoms with van der Waals surface area (Å²) < 4.78 is 10.1. The number of hydrogen-bond donors (Lipinski definition) is 0. The molecule has 0 aliphatic rings. The van der Waals surface area contributed by atoms with Gasteiger partial charge >= 0.3 is 6.47 Å². The van der Waals surface area contributed by atoms with Gasteiger partial charge in [-0.15, -0.1) is 0 Å². The Morgan fingerprint density at radius 3 is 2.15 bits per heavy atom. The van der Waals surface area contributed by atoms with Gasteiger partial charge in [0.2, 0.25) is 0 Å². The predicted molar refractivity (Wildman–Crippen MR) is 80.3 cm³/mol. The van der Waals surface area contributed by atoms with Crippen LogP contribution >= 0.6 is 0 Å². The van der Waals surface area contributed by atoms with Gasteiger partial charge in [-0.3, -0.25) is 0 Å². The molecule has 111 valence electrons. The summed E-state index contributed by atoms with van der Waals surface area (Å²) in [6, 6.07) is 10.6. The summed E-state index contributed by atoms with van der Waals surface area (Å²) in [7, 11) is 0. The molecule has 0 heterocycles. The Hall–Kier alpha value is -1.35. The van der Waals surface area contributed by atoms with Crippen LogP contribution < -0.4 is 0 Å². The van der Waals surface area contributed by atoms with Gasteiger partial charge in [0.05, 0.1) is 6.61 Å². The van der Waals surface area contributed by atoms with E-state index >= 15 is 0 Å². The first-order chi connectivity index (χ1) is 9.93. The van der Waals surface area contributed by atoms with Crippen molar-refractivity contribution < 1.29 is 14.3 Å². The Morgan fingerprint density at radius 2 is 1.45 bits per heavy atom. The second-order valence-electron chi connectivity index (χ2n) is 4.90. The molecule has 0 aliphatic heterocycles. The molecule has 0 spiro atoms. The Balaban J connectivity index is 1.78. The van der Waals surface area contributed by atoms with E-state index in [9.17, 15) is 4.79 Å². The van der Waals surface area contributed by atoms with Gasteiger partial charge in [0.25, 0.3) is 0 Å². The van der Waals surface area contributed by atoms with Crippen molar-refractivity contribution in [2.75, 3.05) is 19.8 Å². The van der Waals surface area contributed by atoms with Gasteiger partial charge in [0.1, 0.15) is 0 Å². The fourth-order valence-corrected chi connectivity index (χ4v) is 2.05. The molecular formula is C17H25O3. The molecule has 1 rings (SSSR count). The van der Waals surface area contributed by atoms with E-state index in [0.29, 0.717) is 6.61 Å². The molecule has 3 heteroatoms. The summed E-state index contributed by atoms with van der Waals surface area (Å²) in [4.78, 5) is 9.78. The largest absolute Gasteiger partial charge is 0.457 e. The lowest BCUT2D eigenvalue weighted by Crippen LogP contribution is -1.99. The second kappa shape index (κ2) is 12.7. The van der Waals surface area contributed by atoms with Gasteiger partial charge in [-0.1, -0.05) is 36.8 Å². The maximum absolute atomic E-state index is 9.78. The molecule has 1 aromatic carbocycles. The van der Waals surface area contributed by atoms with Crippen molar-refractivity contribution in [3.05, 3.63) is 35.9 Å².